The fraction of sp³-hybridized carbons (Fsp3) is 0.333. The lowest BCUT2D eigenvalue weighted by Gasteiger charge is -2.03. The Kier molecular flexibility index (Phi) is 2.99. The SMILES string of the molecule is CCC(=O)NCc1ccc2c(c1)oc(=O)n2C. The molecule has 0 fully saturated rings. The molecule has 1 N–H and O–H groups in total. The first-order valence-electron chi connectivity index (χ1n) is 5.47. The zero-order chi connectivity index (χ0) is 12.4. The molecule has 2 aromatic rings. The van der Waals surface area contributed by atoms with E-state index in [9.17, 15) is 9.59 Å². The van der Waals surface area contributed by atoms with E-state index < -0.39 is 0 Å². The van der Waals surface area contributed by atoms with Crippen LogP contribution in [0.1, 0.15) is 18.9 Å². The van der Waals surface area contributed by atoms with Crippen molar-refractivity contribution in [1.29, 1.82) is 0 Å². The largest absolute Gasteiger partial charge is 0.419 e. The summed E-state index contributed by atoms with van der Waals surface area (Å²) in [6, 6.07) is 5.45. The summed E-state index contributed by atoms with van der Waals surface area (Å²) in [7, 11) is 1.66. The zero-order valence-corrected chi connectivity index (χ0v) is 9.82. The van der Waals surface area contributed by atoms with Gasteiger partial charge in [0.25, 0.3) is 0 Å². The van der Waals surface area contributed by atoms with Crippen LogP contribution in [0.15, 0.2) is 27.4 Å². The van der Waals surface area contributed by atoms with Crippen molar-refractivity contribution >= 4 is 17.0 Å². The molecule has 5 heteroatoms. The lowest BCUT2D eigenvalue weighted by atomic mass is 10.2. The number of benzene rings is 1. The summed E-state index contributed by atoms with van der Waals surface area (Å²) in [6.07, 6.45) is 0.461. The van der Waals surface area contributed by atoms with Crippen molar-refractivity contribution in [3.8, 4) is 0 Å². The lowest BCUT2D eigenvalue weighted by Crippen LogP contribution is -2.21. The highest BCUT2D eigenvalue weighted by Gasteiger charge is 2.06. The van der Waals surface area contributed by atoms with Crippen LogP contribution in [-0.2, 0) is 18.4 Å². The lowest BCUT2D eigenvalue weighted by molar-refractivity contribution is -0.120. The summed E-state index contributed by atoms with van der Waals surface area (Å²) in [5.41, 5.74) is 2.20. The Morgan fingerprint density at radius 3 is 2.94 bits per heavy atom. The molecule has 0 saturated carbocycles. The van der Waals surface area contributed by atoms with Crippen molar-refractivity contribution in [3.05, 3.63) is 34.3 Å². The number of nitrogens with zero attached hydrogens (tertiary/aromatic N) is 1. The van der Waals surface area contributed by atoms with Gasteiger partial charge in [0.2, 0.25) is 5.91 Å². The topological polar surface area (TPSA) is 64.2 Å². The monoisotopic (exact) mass is 234 g/mol. The Labute approximate surface area is 98.0 Å². The summed E-state index contributed by atoms with van der Waals surface area (Å²) in [4.78, 5) is 22.4. The molecule has 1 aromatic heterocycles. The second kappa shape index (κ2) is 4.45. The molecule has 0 unspecified atom stereocenters. The van der Waals surface area contributed by atoms with E-state index in [1.165, 1.54) is 4.57 Å². The van der Waals surface area contributed by atoms with Gasteiger partial charge < -0.3 is 9.73 Å². The van der Waals surface area contributed by atoms with E-state index in [0.717, 1.165) is 11.1 Å². The molecule has 5 nitrogen and oxygen atoms in total. The number of fused-ring (bicyclic) bond motifs is 1. The summed E-state index contributed by atoms with van der Waals surface area (Å²) >= 11 is 0. The van der Waals surface area contributed by atoms with Crippen molar-refractivity contribution < 1.29 is 9.21 Å². The van der Waals surface area contributed by atoms with Gasteiger partial charge in [0.1, 0.15) is 0 Å². The summed E-state index contributed by atoms with van der Waals surface area (Å²) in [5, 5.41) is 2.77. The Morgan fingerprint density at radius 1 is 1.47 bits per heavy atom. The number of rotatable bonds is 3. The number of hydrogen-bond acceptors (Lipinski definition) is 3. The van der Waals surface area contributed by atoms with E-state index in [0.29, 0.717) is 18.5 Å². The van der Waals surface area contributed by atoms with Crippen molar-refractivity contribution in [2.75, 3.05) is 0 Å². The second-order valence-corrected chi connectivity index (χ2v) is 3.86. The van der Waals surface area contributed by atoms with Crippen LogP contribution in [0.25, 0.3) is 11.1 Å². The van der Waals surface area contributed by atoms with E-state index in [-0.39, 0.29) is 11.7 Å². The Bertz CT molecular complexity index is 610. The van der Waals surface area contributed by atoms with Crippen molar-refractivity contribution in [2.24, 2.45) is 7.05 Å². The molecule has 2 rings (SSSR count). The molecule has 0 aliphatic heterocycles. The quantitative estimate of drug-likeness (QED) is 0.866. The Morgan fingerprint density at radius 2 is 2.24 bits per heavy atom. The predicted molar refractivity (Wildman–Crippen MR) is 63.6 cm³/mol. The number of aromatic nitrogens is 1. The summed E-state index contributed by atoms with van der Waals surface area (Å²) < 4.78 is 6.52. The fourth-order valence-corrected chi connectivity index (χ4v) is 1.61. The minimum absolute atomic E-state index is 0.000360. The number of aryl methyl sites for hydroxylation is 1. The van der Waals surface area contributed by atoms with Gasteiger partial charge in [-0.25, -0.2) is 4.79 Å². The maximum absolute atomic E-state index is 11.3. The van der Waals surface area contributed by atoms with Gasteiger partial charge in [0.15, 0.2) is 5.58 Å². The average molecular weight is 234 g/mol. The van der Waals surface area contributed by atoms with Gasteiger partial charge in [0.05, 0.1) is 5.52 Å². The van der Waals surface area contributed by atoms with Crippen LogP contribution in [0.4, 0.5) is 0 Å². The number of carbonyl (C=O) groups excluding carboxylic acids is 1. The standard InChI is InChI=1S/C12H14N2O3/c1-3-11(15)13-7-8-4-5-9-10(6-8)17-12(16)14(9)2/h4-6H,3,7H2,1-2H3,(H,13,15). The second-order valence-electron chi connectivity index (χ2n) is 3.86. The van der Waals surface area contributed by atoms with Gasteiger partial charge in [-0.05, 0) is 17.7 Å². The Balaban J connectivity index is 2.26. The van der Waals surface area contributed by atoms with Gasteiger partial charge in [-0.15, -0.1) is 0 Å². The van der Waals surface area contributed by atoms with Crippen LogP contribution in [-0.4, -0.2) is 10.5 Å². The van der Waals surface area contributed by atoms with E-state index in [2.05, 4.69) is 5.32 Å². The molecule has 0 saturated heterocycles. The van der Waals surface area contributed by atoms with Crippen molar-refractivity contribution in [1.82, 2.24) is 9.88 Å². The minimum atomic E-state index is -0.380. The molecule has 1 aromatic carbocycles. The number of amides is 1. The van der Waals surface area contributed by atoms with Crippen LogP contribution >= 0.6 is 0 Å². The first-order valence-corrected chi connectivity index (χ1v) is 5.47. The van der Waals surface area contributed by atoms with Crippen LogP contribution in [0.5, 0.6) is 0 Å². The molecule has 0 aliphatic rings. The Hall–Kier alpha value is -2.04. The zero-order valence-electron chi connectivity index (χ0n) is 9.82. The number of hydrogen-bond donors (Lipinski definition) is 1. The molecular weight excluding hydrogens is 220 g/mol. The molecule has 1 heterocycles. The van der Waals surface area contributed by atoms with Crippen LogP contribution in [0, 0.1) is 0 Å². The third-order valence-corrected chi connectivity index (χ3v) is 2.67. The maximum Gasteiger partial charge on any atom is 0.419 e. The van der Waals surface area contributed by atoms with Crippen LogP contribution < -0.4 is 11.1 Å². The first-order chi connectivity index (χ1) is 8.11. The molecule has 0 spiro atoms. The van der Waals surface area contributed by atoms with E-state index in [1.54, 1.807) is 20.0 Å². The smallest absolute Gasteiger partial charge is 0.408 e. The molecule has 1 amide bonds. The molecule has 0 bridgehead atoms. The normalized spacial score (nSPS) is 10.7. The fourth-order valence-electron chi connectivity index (χ4n) is 1.61. The molecule has 90 valence electrons. The van der Waals surface area contributed by atoms with Gasteiger partial charge in [-0.2, -0.15) is 0 Å². The van der Waals surface area contributed by atoms with E-state index in [4.69, 9.17) is 4.42 Å². The minimum Gasteiger partial charge on any atom is -0.408 e. The first kappa shape index (κ1) is 11.4. The molecular formula is C12H14N2O3. The highest BCUT2D eigenvalue weighted by Crippen LogP contribution is 2.14. The maximum atomic E-state index is 11.3. The average Bonchev–Trinajstić information content (AvgIpc) is 2.62. The van der Waals surface area contributed by atoms with Crippen LogP contribution in [0.3, 0.4) is 0 Å². The third-order valence-electron chi connectivity index (χ3n) is 2.67. The van der Waals surface area contributed by atoms with Gasteiger partial charge >= 0.3 is 5.76 Å². The summed E-state index contributed by atoms with van der Waals surface area (Å²) in [5.74, 6) is -0.380. The highest BCUT2D eigenvalue weighted by atomic mass is 16.4. The number of oxazole rings is 1. The van der Waals surface area contributed by atoms with E-state index >= 15 is 0 Å². The number of carbonyl (C=O) groups is 1. The van der Waals surface area contributed by atoms with Gasteiger partial charge in [0, 0.05) is 20.0 Å². The summed E-state index contributed by atoms with van der Waals surface area (Å²) in [6.45, 7) is 2.25. The number of nitrogens with one attached hydrogen (secondary N) is 1. The van der Waals surface area contributed by atoms with Gasteiger partial charge in [-0.3, -0.25) is 9.36 Å². The third kappa shape index (κ3) is 2.22. The van der Waals surface area contributed by atoms with E-state index in [1.807, 2.05) is 12.1 Å². The predicted octanol–water partition coefficient (Wildman–Crippen LogP) is 1.16. The van der Waals surface area contributed by atoms with Gasteiger partial charge in [-0.1, -0.05) is 13.0 Å². The van der Waals surface area contributed by atoms with Crippen LogP contribution in [0.2, 0.25) is 0 Å². The van der Waals surface area contributed by atoms with Crippen molar-refractivity contribution in [2.45, 2.75) is 19.9 Å². The molecule has 17 heavy (non-hydrogen) atoms. The highest BCUT2D eigenvalue weighted by molar-refractivity contribution is 5.76. The molecule has 0 radical (unpaired) electrons. The molecule has 0 atom stereocenters. The van der Waals surface area contributed by atoms with Crippen molar-refractivity contribution in [3.63, 3.8) is 0 Å². The molecule has 0 aliphatic carbocycles.